The van der Waals surface area contributed by atoms with Crippen LogP contribution in [0.4, 0.5) is 5.82 Å². The van der Waals surface area contributed by atoms with Gasteiger partial charge in [-0.1, -0.05) is 55.5 Å². The van der Waals surface area contributed by atoms with E-state index in [4.69, 9.17) is 0 Å². The number of nitrogens with zero attached hydrogens (tertiary/aromatic N) is 2. The van der Waals surface area contributed by atoms with E-state index in [-0.39, 0.29) is 11.8 Å². The number of carbonyl (C=O) groups is 1. The largest absolute Gasteiger partial charge is 0.339 e. The number of fused-ring (bicyclic) bond motifs is 1. The Balaban J connectivity index is 1.63. The van der Waals surface area contributed by atoms with Crippen LogP contribution in [0.15, 0.2) is 60.7 Å². The Morgan fingerprint density at radius 2 is 1.83 bits per heavy atom. The summed E-state index contributed by atoms with van der Waals surface area (Å²) >= 11 is 0. The molecule has 5 heteroatoms. The van der Waals surface area contributed by atoms with Gasteiger partial charge in [0.2, 0.25) is 5.91 Å². The van der Waals surface area contributed by atoms with E-state index in [1.54, 1.807) is 0 Å². The number of aryl methyl sites for hydroxylation is 2. The lowest BCUT2D eigenvalue weighted by molar-refractivity contribution is -0.117. The third-order valence-corrected chi connectivity index (χ3v) is 5.55. The monoisotopic (exact) mass is 386 g/mol. The maximum absolute atomic E-state index is 12.9. The van der Waals surface area contributed by atoms with Crippen molar-refractivity contribution in [2.75, 3.05) is 5.32 Å². The van der Waals surface area contributed by atoms with Gasteiger partial charge in [-0.2, -0.15) is 5.10 Å². The van der Waals surface area contributed by atoms with Crippen LogP contribution in [0.25, 0.3) is 22.3 Å². The molecule has 29 heavy (non-hydrogen) atoms. The lowest BCUT2D eigenvalue weighted by Gasteiger charge is -2.14. The summed E-state index contributed by atoms with van der Waals surface area (Å²) in [4.78, 5) is 12.9. The summed E-state index contributed by atoms with van der Waals surface area (Å²) in [5.41, 5.74) is 5.45. The first-order chi connectivity index (χ1) is 14.1. The van der Waals surface area contributed by atoms with Crippen molar-refractivity contribution in [3.63, 3.8) is 0 Å². The van der Waals surface area contributed by atoms with Gasteiger partial charge in [0.05, 0.1) is 17.3 Å². The second kappa shape index (κ2) is 7.95. The van der Waals surface area contributed by atoms with E-state index in [0.29, 0.717) is 5.82 Å². The molecule has 148 valence electrons. The van der Waals surface area contributed by atoms with Crippen molar-refractivity contribution >= 4 is 22.6 Å². The van der Waals surface area contributed by atoms with Crippen LogP contribution in [0.3, 0.4) is 0 Å². The number of aromatic nitrogens is 3. The minimum atomic E-state index is -0.194. The molecule has 2 N–H and O–H groups in total. The maximum atomic E-state index is 12.9. The van der Waals surface area contributed by atoms with Crippen molar-refractivity contribution < 1.29 is 4.79 Å². The number of hydrogen-bond acceptors (Lipinski definition) is 2. The number of amides is 1. The molecule has 5 nitrogen and oxygen atoms in total. The number of hydrogen-bond donors (Lipinski definition) is 2. The van der Waals surface area contributed by atoms with Crippen molar-refractivity contribution in [2.24, 2.45) is 0 Å². The first-order valence-corrected chi connectivity index (χ1v) is 10.1. The van der Waals surface area contributed by atoms with E-state index in [1.807, 2.05) is 43.3 Å². The van der Waals surface area contributed by atoms with Crippen LogP contribution in [0.1, 0.15) is 37.3 Å². The van der Waals surface area contributed by atoms with Crippen LogP contribution in [0.2, 0.25) is 0 Å². The molecule has 2 aromatic carbocycles. The molecule has 0 aliphatic rings. The molecule has 4 aromatic rings. The van der Waals surface area contributed by atoms with Crippen LogP contribution < -0.4 is 5.32 Å². The fourth-order valence-electron chi connectivity index (χ4n) is 4.13. The molecule has 2 heterocycles. The summed E-state index contributed by atoms with van der Waals surface area (Å²) < 4.78 is 2.28. The van der Waals surface area contributed by atoms with Gasteiger partial charge in [0.15, 0.2) is 5.82 Å². The van der Waals surface area contributed by atoms with Crippen molar-refractivity contribution in [1.82, 2.24) is 14.8 Å². The van der Waals surface area contributed by atoms with Crippen molar-refractivity contribution in [2.45, 2.75) is 39.7 Å². The third-order valence-electron chi connectivity index (χ3n) is 5.55. The van der Waals surface area contributed by atoms with Gasteiger partial charge in [-0.05, 0) is 37.5 Å². The molecular formula is C24H26N4O. The molecule has 0 saturated carbocycles. The minimum Gasteiger partial charge on any atom is -0.339 e. The second-order valence-electron chi connectivity index (χ2n) is 7.26. The van der Waals surface area contributed by atoms with Gasteiger partial charge in [0, 0.05) is 23.5 Å². The fourth-order valence-corrected chi connectivity index (χ4v) is 4.13. The zero-order valence-electron chi connectivity index (χ0n) is 17.1. The highest BCUT2D eigenvalue weighted by Crippen LogP contribution is 2.33. The van der Waals surface area contributed by atoms with Crippen molar-refractivity contribution in [3.8, 4) is 11.4 Å². The smallest absolute Gasteiger partial charge is 0.233 e. The summed E-state index contributed by atoms with van der Waals surface area (Å²) in [6.45, 7) is 7.15. The molecule has 0 unspecified atom stereocenters. The number of rotatable bonds is 6. The quantitative estimate of drug-likeness (QED) is 0.460. The van der Waals surface area contributed by atoms with Crippen LogP contribution in [0, 0.1) is 6.92 Å². The number of para-hydroxylation sites is 1. The molecule has 4 rings (SSSR count). The van der Waals surface area contributed by atoms with Crippen LogP contribution in [-0.2, 0) is 11.3 Å². The summed E-state index contributed by atoms with van der Waals surface area (Å²) in [6.07, 6.45) is 0.732. The Kier molecular flexibility index (Phi) is 5.21. The predicted octanol–water partition coefficient (Wildman–Crippen LogP) is 5.49. The van der Waals surface area contributed by atoms with E-state index in [1.165, 1.54) is 16.5 Å². The standard InChI is InChI=1S/C24H26N4O/c1-4-18(17-11-7-6-8-12-17)24(29)25-22-15-20(26-27-22)23-16(3)19-13-9-10-14-21(19)28(23)5-2/h6-15,18H,4-5H2,1-3H3,(H2,25,26,27,29)/t18-/m0/s1. The maximum Gasteiger partial charge on any atom is 0.233 e. The molecule has 0 fully saturated rings. The normalized spacial score (nSPS) is 12.2. The highest BCUT2D eigenvalue weighted by Gasteiger charge is 2.21. The van der Waals surface area contributed by atoms with Gasteiger partial charge >= 0.3 is 0 Å². The third kappa shape index (κ3) is 3.44. The van der Waals surface area contributed by atoms with Crippen molar-refractivity contribution in [3.05, 3.63) is 71.8 Å². The molecule has 2 aromatic heterocycles. The molecule has 0 spiro atoms. The zero-order valence-corrected chi connectivity index (χ0v) is 17.1. The molecule has 0 radical (unpaired) electrons. The highest BCUT2D eigenvalue weighted by atomic mass is 16.2. The zero-order chi connectivity index (χ0) is 20.4. The number of carbonyl (C=O) groups excluding carboxylic acids is 1. The summed E-state index contributed by atoms with van der Waals surface area (Å²) in [5.74, 6) is 0.316. The number of benzene rings is 2. The van der Waals surface area contributed by atoms with E-state index in [9.17, 15) is 4.79 Å². The van der Waals surface area contributed by atoms with E-state index in [2.05, 4.69) is 58.2 Å². The molecule has 0 aliphatic heterocycles. The molecule has 0 aliphatic carbocycles. The number of aromatic amines is 1. The number of nitrogens with one attached hydrogen (secondary N) is 2. The molecule has 0 saturated heterocycles. The van der Waals surface area contributed by atoms with E-state index in [0.717, 1.165) is 29.9 Å². The van der Waals surface area contributed by atoms with Crippen molar-refractivity contribution in [1.29, 1.82) is 0 Å². The van der Waals surface area contributed by atoms with E-state index >= 15 is 0 Å². The molecular weight excluding hydrogens is 360 g/mol. The van der Waals surface area contributed by atoms with Gasteiger partial charge in [0.1, 0.15) is 0 Å². The topological polar surface area (TPSA) is 62.7 Å². The predicted molar refractivity (Wildman–Crippen MR) is 118 cm³/mol. The van der Waals surface area contributed by atoms with Gasteiger partial charge in [-0.15, -0.1) is 0 Å². The van der Waals surface area contributed by atoms with Crippen LogP contribution in [-0.4, -0.2) is 20.7 Å². The Bertz CT molecular complexity index is 1140. The molecule has 0 bridgehead atoms. The second-order valence-corrected chi connectivity index (χ2v) is 7.26. The Hall–Kier alpha value is -3.34. The fraction of sp³-hybridized carbons (Fsp3) is 0.250. The average Bonchev–Trinajstić information content (AvgIpc) is 3.31. The van der Waals surface area contributed by atoms with Gasteiger partial charge in [-0.3, -0.25) is 9.89 Å². The van der Waals surface area contributed by atoms with Gasteiger partial charge in [0.25, 0.3) is 0 Å². The Morgan fingerprint density at radius 3 is 2.55 bits per heavy atom. The lowest BCUT2D eigenvalue weighted by Crippen LogP contribution is -2.20. The highest BCUT2D eigenvalue weighted by molar-refractivity contribution is 5.96. The summed E-state index contributed by atoms with van der Waals surface area (Å²) in [7, 11) is 0. The SMILES string of the molecule is CC[C@H](C(=O)Nc1cc(-c2c(C)c3ccccc3n2CC)[nH]n1)c1ccccc1. The Labute approximate surface area is 170 Å². The summed E-state index contributed by atoms with van der Waals surface area (Å²) in [5, 5.41) is 11.7. The molecule has 1 amide bonds. The van der Waals surface area contributed by atoms with Gasteiger partial charge < -0.3 is 9.88 Å². The molecule has 1 atom stereocenters. The van der Waals surface area contributed by atoms with Crippen LogP contribution in [0.5, 0.6) is 0 Å². The van der Waals surface area contributed by atoms with Crippen LogP contribution >= 0.6 is 0 Å². The van der Waals surface area contributed by atoms with E-state index < -0.39 is 0 Å². The van der Waals surface area contributed by atoms with Gasteiger partial charge in [-0.25, -0.2) is 0 Å². The minimum absolute atomic E-state index is 0.0375. The average molecular weight is 386 g/mol. The number of anilines is 1. The number of H-pyrrole nitrogens is 1. The Morgan fingerprint density at radius 1 is 1.10 bits per heavy atom. The lowest BCUT2D eigenvalue weighted by atomic mass is 9.96. The summed E-state index contributed by atoms with van der Waals surface area (Å²) in [6, 6.07) is 20.2. The first kappa shape index (κ1) is 19.0. The first-order valence-electron chi connectivity index (χ1n) is 10.1.